The molecular formula is C16H21Cl2FN2O3. The first kappa shape index (κ1) is 20.7. The highest BCUT2D eigenvalue weighted by atomic mass is 35.5. The quantitative estimate of drug-likeness (QED) is 0.772. The normalized spacial score (nSPS) is 16.0. The zero-order chi connectivity index (χ0) is 16.8. The van der Waals surface area contributed by atoms with Crippen molar-refractivity contribution in [2.45, 2.75) is 25.3 Å². The van der Waals surface area contributed by atoms with Gasteiger partial charge in [-0.05, 0) is 43.6 Å². The maximum Gasteiger partial charge on any atom is 0.307 e. The van der Waals surface area contributed by atoms with Gasteiger partial charge in [0.05, 0.1) is 24.6 Å². The monoisotopic (exact) mass is 378 g/mol. The number of amides is 1. The highest BCUT2D eigenvalue weighted by Gasteiger charge is 2.26. The minimum Gasteiger partial charge on any atom is -0.469 e. The van der Waals surface area contributed by atoms with Crippen molar-refractivity contribution in [2.24, 2.45) is 5.92 Å². The summed E-state index contributed by atoms with van der Waals surface area (Å²) < 4.78 is 18.3. The van der Waals surface area contributed by atoms with Crippen molar-refractivity contribution in [3.63, 3.8) is 0 Å². The van der Waals surface area contributed by atoms with Gasteiger partial charge in [0.2, 0.25) is 5.91 Å². The van der Waals surface area contributed by atoms with Gasteiger partial charge >= 0.3 is 5.97 Å². The first-order chi connectivity index (χ1) is 11.0. The van der Waals surface area contributed by atoms with E-state index < -0.39 is 17.8 Å². The Morgan fingerprint density at radius 1 is 1.42 bits per heavy atom. The Morgan fingerprint density at radius 2 is 2.08 bits per heavy atom. The number of methoxy groups -OCH3 is 1. The third kappa shape index (κ3) is 5.61. The molecule has 1 atom stereocenters. The summed E-state index contributed by atoms with van der Waals surface area (Å²) in [6.07, 6.45) is 1.42. The molecule has 1 fully saturated rings. The van der Waals surface area contributed by atoms with E-state index in [0.717, 1.165) is 25.9 Å². The number of benzene rings is 1. The largest absolute Gasteiger partial charge is 0.469 e. The predicted molar refractivity (Wildman–Crippen MR) is 91.8 cm³/mol. The summed E-state index contributed by atoms with van der Waals surface area (Å²) in [5.74, 6) is -1.30. The van der Waals surface area contributed by atoms with Gasteiger partial charge in [0.15, 0.2) is 0 Å². The average molecular weight is 379 g/mol. The molecule has 0 bridgehead atoms. The number of rotatable bonds is 5. The van der Waals surface area contributed by atoms with Crippen LogP contribution in [-0.4, -0.2) is 32.1 Å². The average Bonchev–Trinajstić information content (AvgIpc) is 2.57. The molecule has 0 radical (unpaired) electrons. The van der Waals surface area contributed by atoms with E-state index in [1.54, 1.807) is 6.07 Å². The highest BCUT2D eigenvalue weighted by Crippen LogP contribution is 2.24. The minimum atomic E-state index is -0.642. The molecule has 0 spiro atoms. The maximum absolute atomic E-state index is 13.7. The third-order valence-corrected chi connectivity index (χ3v) is 4.28. The van der Waals surface area contributed by atoms with Crippen molar-refractivity contribution in [3.05, 3.63) is 34.6 Å². The van der Waals surface area contributed by atoms with Crippen LogP contribution in [0.25, 0.3) is 0 Å². The van der Waals surface area contributed by atoms with E-state index in [9.17, 15) is 14.0 Å². The van der Waals surface area contributed by atoms with Crippen LogP contribution in [0.1, 0.15) is 30.9 Å². The Bertz CT molecular complexity index is 580. The highest BCUT2D eigenvalue weighted by molar-refractivity contribution is 6.30. The molecule has 5 nitrogen and oxygen atoms in total. The molecule has 1 unspecified atom stereocenters. The number of hydrogen-bond acceptors (Lipinski definition) is 4. The van der Waals surface area contributed by atoms with Crippen LogP contribution in [0.4, 0.5) is 4.39 Å². The fourth-order valence-corrected chi connectivity index (χ4v) is 2.72. The van der Waals surface area contributed by atoms with E-state index >= 15 is 0 Å². The molecule has 8 heteroatoms. The molecule has 0 aromatic heterocycles. The van der Waals surface area contributed by atoms with Crippen LogP contribution in [0.5, 0.6) is 0 Å². The molecule has 1 aliphatic rings. The molecule has 1 aromatic carbocycles. The molecule has 0 saturated carbocycles. The summed E-state index contributed by atoms with van der Waals surface area (Å²) in [5, 5.41) is 6.02. The van der Waals surface area contributed by atoms with Gasteiger partial charge in [-0.1, -0.05) is 17.7 Å². The molecule has 1 saturated heterocycles. The van der Waals surface area contributed by atoms with Gasteiger partial charge in [-0.2, -0.15) is 0 Å². The molecule has 24 heavy (non-hydrogen) atoms. The summed E-state index contributed by atoms with van der Waals surface area (Å²) in [4.78, 5) is 24.0. The predicted octanol–water partition coefficient (Wildman–Crippen LogP) is 2.62. The third-order valence-electron chi connectivity index (χ3n) is 3.97. The van der Waals surface area contributed by atoms with Crippen LogP contribution >= 0.6 is 24.0 Å². The molecule has 1 amide bonds. The molecule has 1 aromatic rings. The molecule has 2 N–H and O–H groups in total. The first-order valence-electron chi connectivity index (χ1n) is 7.54. The Morgan fingerprint density at radius 3 is 2.67 bits per heavy atom. The summed E-state index contributed by atoms with van der Waals surface area (Å²) in [5.41, 5.74) is 0.486. The standard InChI is InChI=1S/C16H20ClFN2O3.ClH/c1-23-15(21)9-14(11-2-3-12(17)13(18)8-11)20-16(22)10-4-6-19-7-5-10;/h2-3,8,10,14,19H,4-7,9H2,1H3,(H,20,22);1H. The molecule has 0 aliphatic carbocycles. The van der Waals surface area contributed by atoms with Gasteiger partial charge in [0, 0.05) is 5.92 Å². The van der Waals surface area contributed by atoms with Gasteiger partial charge in [-0.25, -0.2) is 4.39 Å². The lowest BCUT2D eigenvalue weighted by molar-refractivity contribution is -0.141. The SMILES string of the molecule is COC(=O)CC(NC(=O)C1CCNCC1)c1ccc(Cl)c(F)c1.Cl. The number of ether oxygens (including phenoxy) is 1. The Kier molecular flexibility index (Phi) is 8.45. The Labute approximate surface area is 151 Å². The number of esters is 1. The van der Waals surface area contributed by atoms with Crippen molar-refractivity contribution in [3.8, 4) is 0 Å². The van der Waals surface area contributed by atoms with Gasteiger partial charge in [0.25, 0.3) is 0 Å². The van der Waals surface area contributed by atoms with Crippen molar-refractivity contribution >= 4 is 35.9 Å². The zero-order valence-corrected chi connectivity index (χ0v) is 14.9. The second-order valence-corrected chi connectivity index (χ2v) is 5.95. The van der Waals surface area contributed by atoms with E-state index in [1.807, 2.05) is 0 Å². The van der Waals surface area contributed by atoms with E-state index in [-0.39, 0.29) is 35.7 Å². The summed E-state index contributed by atoms with van der Waals surface area (Å²) in [7, 11) is 1.27. The molecular weight excluding hydrogens is 358 g/mol. The molecule has 1 heterocycles. The number of nitrogens with one attached hydrogen (secondary N) is 2. The Balaban J connectivity index is 0.00000288. The van der Waals surface area contributed by atoms with Crippen LogP contribution < -0.4 is 10.6 Å². The maximum atomic E-state index is 13.7. The topological polar surface area (TPSA) is 67.4 Å². The number of hydrogen-bond donors (Lipinski definition) is 2. The van der Waals surface area contributed by atoms with E-state index in [0.29, 0.717) is 5.56 Å². The summed E-state index contributed by atoms with van der Waals surface area (Å²) in [6, 6.07) is 3.60. The minimum absolute atomic E-state index is 0. The smallest absolute Gasteiger partial charge is 0.307 e. The second-order valence-electron chi connectivity index (χ2n) is 5.54. The van der Waals surface area contributed by atoms with Crippen molar-refractivity contribution in [1.82, 2.24) is 10.6 Å². The van der Waals surface area contributed by atoms with Gasteiger partial charge < -0.3 is 15.4 Å². The van der Waals surface area contributed by atoms with Gasteiger partial charge in [-0.15, -0.1) is 12.4 Å². The number of carbonyl (C=O) groups is 2. The summed E-state index contributed by atoms with van der Waals surface area (Å²) in [6.45, 7) is 1.57. The van der Waals surface area contributed by atoms with Gasteiger partial charge in [0.1, 0.15) is 5.82 Å². The number of carbonyl (C=O) groups excluding carboxylic acids is 2. The van der Waals surface area contributed by atoms with Gasteiger partial charge in [-0.3, -0.25) is 9.59 Å². The zero-order valence-electron chi connectivity index (χ0n) is 13.3. The van der Waals surface area contributed by atoms with Crippen molar-refractivity contribution in [2.75, 3.05) is 20.2 Å². The van der Waals surface area contributed by atoms with E-state index in [4.69, 9.17) is 11.6 Å². The van der Waals surface area contributed by atoms with E-state index in [2.05, 4.69) is 15.4 Å². The Hall–Kier alpha value is -1.37. The number of halogens is 3. The lowest BCUT2D eigenvalue weighted by atomic mass is 9.95. The molecule has 2 rings (SSSR count). The van der Waals surface area contributed by atoms with Crippen molar-refractivity contribution in [1.29, 1.82) is 0 Å². The first-order valence-corrected chi connectivity index (χ1v) is 7.92. The molecule has 1 aliphatic heterocycles. The fourth-order valence-electron chi connectivity index (χ4n) is 2.61. The lowest BCUT2D eigenvalue weighted by Crippen LogP contribution is -2.40. The van der Waals surface area contributed by atoms with Crippen LogP contribution in [0, 0.1) is 11.7 Å². The van der Waals surface area contributed by atoms with Crippen LogP contribution in [0.3, 0.4) is 0 Å². The lowest BCUT2D eigenvalue weighted by Gasteiger charge is -2.25. The van der Waals surface area contributed by atoms with Crippen LogP contribution in [0.2, 0.25) is 5.02 Å². The van der Waals surface area contributed by atoms with Crippen LogP contribution in [0.15, 0.2) is 18.2 Å². The molecule has 134 valence electrons. The van der Waals surface area contributed by atoms with E-state index in [1.165, 1.54) is 19.2 Å². The second kappa shape index (κ2) is 9.81. The van der Waals surface area contributed by atoms with Crippen LogP contribution in [-0.2, 0) is 14.3 Å². The number of piperidine rings is 1. The summed E-state index contributed by atoms with van der Waals surface area (Å²) >= 11 is 5.68. The fraction of sp³-hybridized carbons (Fsp3) is 0.500. The van der Waals surface area contributed by atoms with Crippen molar-refractivity contribution < 1.29 is 18.7 Å².